The number of nitrogens with zero attached hydrogens (tertiary/aromatic N) is 2. The van der Waals surface area contributed by atoms with Gasteiger partial charge in [-0.15, -0.1) is 0 Å². The summed E-state index contributed by atoms with van der Waals surface area (Å²) in [7, 11) is 6.14. The monoisotopic (exact) mass is 325 g/mol. The first-order valence-corrected chi connectivity index (χ1v) is 7.77. The molecule has 0 fully saturated rings. The molecule has 0 saturated carbocycles. The summed E-state index contributed by atoms with van der Waals surface area (Å²) in [6.07, 6.45) is 1.04. The van der Waals surface area contributed by atoms with Crippen molar-refractivity contribution in [3.8, 4) is 0 Å². The van der Waals surface area contributed by atoms with Gasteiger partial charge < -0.3 is 15.1 Å². The van der Waals surface area contributed by atoms with Gasteiger partial charge in [-0.1, -0.05) is 12.1 Å². The molecule has 0 unspecified atom stereocenters. The molecule has 1 rings (SSSR count). The molecule has 0 aliphatic heterocycles. The van der Waals surface area contributed by atoms with Gasteiger partial charge in [0, 0.05) is 32.1 Å². The maximum Gasteiger partial charge on any atom is 0.269 e. The molecule has 0 bridgehead atoms. The van der Waals surface area contributed by atoms with Gasteiger partial charge in [-0.2, -0.15) is 0 Å². The van der Waals surface area contributed by atoms with Crippen molar-refractivity contribution in [2.45, 2.75) is 19.4 Å². The summed E-state index contributed by atoms with van der Waals surface area (Å²) < 4.78 is 0. The van der Waals surface area contributed by atoms with Crippen LogP contribution in [0.5, 0.6) is 0 Å². The predicted octanol–water partition coefficient (Wildman–Crippen LogP) is 0.997. The molecule has 0 aromatic heterocycles. The number of nitro benzene ring substituents is 1. The van der Waals surface area contributed by atoms with Gasteiger partial charge in [0.2, 0.25) is 0 Å². The van der Waals surface area contributed by atoms with E-state index in [9.17, 15) is 10.1 Å². The molecule has 0 amide bonds. The molecule has 0 spiro atoms. The molecular weight excluding hydrogens is 300 g/mol. The van der Waals surface area contributed by atoms with E-state index in [1.807, 2.05) is 24.9 Å². The van der Waals surface area contributed by atoms with Crippen LogP contribution in [-0.2, 0) is 0 Å². The van der Waals surface area contributed by atoms with Crippen LogP contribution < -0.4 is 10.2 Å². The zero-order chi connectivity index (χ0) is 16.7. The van der Waals surface area contributed by atoms with Gasteiger partial charge in [-0.05, 0) is 24.7 Å². The molecule has 0 radical (unpaired) electrons. The van der Waals surface area contributed by atoms with Gasteiger partial charge in [0.05, 0.1) is 31.6 Å². The lowest BCUT2D eigenvalue weighted by molar-refractivity contribution is -0.858. The van der Waals surface area contributed by atoms with Crippen molar-refractivity contribution in [3.05, 3.63) is 39.9 Å². The van der Waals surface area contributed by atoms with E-state index in [1.165, 1.54) is 11.0 Å². The highest BCUT2D eigenvalue weighted by atomic mass is 32.1. The highest BCUT2D eigenvalue weighted by Gasteiger charge is 2.16. The number of hydrogen-bond donors (Lipinski definition) is 2. The molecule has 1 atom stereocenters. The van der Waals surface area contributed by atoms with Crippen molar-refractivity contribution in [1.29, 1.82) is 0 Å². The summed E-state index contributed by atoms with van der Waals surface area (Å²) in [6, 6.07) is 6.65. The van der Waals surface area contributed by atoms with Crippen LogP contribution in [0.2, 0.25) is 0 Å². The van der Waals surface area contributed by atoms with E-state index in [2.05, 4.69) is 19.4 Å². The summed E-state index contributed by atoms with van der Waals surface area (Å²) >= 11 is 5.39. The van der Waals surface area contributed by atoms with E-state index < -0.39 is 0 Å². The SMILES string of the molecule is C[C@@H](c1cccc([N+](=O)[O-])c1)N(C)C(=S)NCCC[NH+](C)C. The molecule has 7 heteroatoms. The third kappa shape index (κ3) is 5.57. The Kier molecular flexibility index (Phi) is 7.20. The normalized spacial score (nSPS) is 12.0. The lowest BCUT2D eigenvalue weighted by Gasteiger charge is -2.28. The molecule has 0 aliphatic carbocycles. The first-order valence-electron chi connectivity index (χ1n) is 7.37. The van der Waals surface area contributed by atoms with Crippen molar-refractivity contribution in [2.75, 3.05) is 34.2 Å². The van der Waals surface area contributed by atoms with E-state index >= 15 is 0 Å². The van der Waals surface area contributed by atoms with Crippen LogP contribution >= 0.6 is 12.2 Å². The van der Waals surface area contributed by atoms with Crippen molar-refractivity contribution in [1.82, 2.24) is 10.2 Å². The van der Waals surface area contributed by atoms with E-state index in [1.54, 1.807) is 12.1 Å². The van der Waals surface area contributed by atoms with Crippen LogP contribution in [0.1, 0.15) is 24.9 Å². The van der Waals surface area contributed by atoms with E-state index in [0.29, 0.717) is 5.11 Å². The summed E-state index contributed by atoms with van der Waals surface area (Å²) in [5.74, 6) is 0. The second-order valence-electron chi connectivity index (χ2n) is 5.68. The minimum Gasteiger partial charge on any atom is -0.362 e. The fraction of sp³-hybridized carbons (Fsp3) is 0.533. The van der Waals surface area contributed by atoms with E-state index in [0.717, 1.165) is 25.1 Å². The number of nitro groups is 1. The molecule has 0 saturated heterocycles. The molecule has 1 aromatic rings. The maximum atomic E-state index is 10.9. The molecule has 0 aliphatic rings. The predicted molar refractivity (Wildman–Crippen MR) is 92.2 cm³/mol. The van der Waals surface area contributed by atoms with Crippen LogP contribution in [0.4, 0.5) is 5.69 Å². The van der Waals surface area contributed by atoms with Gasteiger partial charge in [0.1, 0.15) is 0 Å². The highest BCUT2D eigenvalue weighted by molar-refractivity contribution is 7.80. The molecule has 122 valence electrons. The number of rotatable bonds is 7. The Bertz CT molecular complexity index is 522. The Morgan fingerprint density at radius 1 is 1.50 bits per heavy atom. The first-order chi connectivity index (χ1) is 10.3. The summed E-state index contributed by atoms with van der Waals surface area (Å²) in [6.45, 7) is 3.90. The number of hydrogen-bond acceptors (Lipinski definition) is 3. The van der Waals surface area contributed by atoms with Gasteiger partial charge in [-0.3, -0.25) is 10.1 Å². The van der Waals surface area contributed by atoms with E-state index in [4.69, 9.17) is 12.2 Å². The Morgan fingerprint density at radius 3 is 2.77 bits per heavy atom. The standard InChI is InChI=1S/C15H24N4O2S/c1-12(13-7-5-8-14(11-13)19(20)21)18(4)15(22)16-9-6-10-17(2)3/h5,7-8,11-12H,6,9-10H2,1-4H3,(H,16,22)/p+1/t12-/m0/s1. The molecule has 6 nitrogen and oxygen atoms in total. The Balaban J connectivity index is 2.60. The average Bonchev–Trinajstić information content (AvgIpc) is 2.49. The fourth-order valence-corrected chi connectivity index (χ4v) is 2.32. The van der Waals surface area contributed by atoms with Crippen LogP contribution in [0, 0.1) is 10.1 Å². The van der Waals surface area contributed by atoms with Gasteiger partial charge >= 0.3 is 0 Å². The quantitative estimate of drug-likeness (QED) is 0.339. The van der Waals surface area contributed by atoms with Crippen molar-refractivity contribution in [2.24, 2.45) is 0 Å². The number of non-ortho nitro benzene ring substituents is 1. The second-order valence-corrected chi connectivity index (χ2v) is 6.07. The number of nitrogens with one attached hydrogen (secondary N) is 2. The minimum atomic E-state index is -0.379. The summed E-state index contributed by atoms with van der Waals surface area (Å²) in [5.41, 5.74) is 0.976. The Hall–Kier alpha value is -1.73. The van der Waals surface area contributed by atoms with Crippen molar-refractivity contribution < 1.29 is 9.82 Å². The van der Waals surface area contributed by atoms with E-state index in [-0.39, 0.29) is 16.7 Å². The van der Waals surface area contributed by atoms with Crippen molar-refractivity contribution >= 4 is 23.0 Å². The lowest BCUT2D eigenvalue weighted by atomic mass is 10.1. The number of thiocarbonyl (C=S) groups is 1. The number of benzene rings is 1. The van der Waals surface area contributed by atoms with Gasteiger partial charge in [0.15, 0.2) is 5.11 Å². The first kappa shape index (κ1) is 18.3. The third-order valence-corrected chi connectivity index (χ3v) is 4.03. The lowest BCUT2D eigenvalue weighted by Crippen LogP contribution is -3.05. The Morgan fingerprint density at radius 2 is 2.18 bits per heavy atom. The molecule has 22 heavy (non-hydrogen) atoms. The number of quaternary nitrogens is 1. The molecule has 1 aromatic carbocycles. The Labute approximate surface area is 137 Å². The van der Waals surface area contributed by atoms with Gasteiger partial charge in [-0.25, -0.2) is 0 Å². The summed E-state index contributed by atoms with van der Waals surface area (Å²) in [5, 5.41) is 14.8. The average molecular weight is 325 g/mol. The van der Waals surface area contributed by atoms with Crippen LogP contribution in [0.25, 0.3) is 0 Å². The zero-order valence-electron chi connectivity index (χ0n) is 13.6. The summed E-state index contributed by atoms with van der Waals surface area (Å²) in [4.78, 5) is 13.8. The van der Waals surface area contributed by atoms with Crippen LogP contribution in [0.15, 0.2) is 24.3 Å². The minimum absolute atomic E-state index is 0.0284. The molecule has 2 N–H and O–H groups in total. The van der Waals surface area contributed by atoms with Crippen LogP contribution in [0.3, 0.4) is 0 Å². The topological polar surface area (TPSA) is 62.9 Å². The van der Waals surface area contributed by atoms with Gasteiger partial charge in [0.25, 0.3) is 5.69 Å². The molecular formula is C15H25N4O2S+. The van der Waals surface area contributed by atoms with Crippen molar-refractivity contribution in [3.63, 3.8) is 0 Å². The smallest absolute Gasteiger partial charge is 0.269 e. The zero-order valence-corrected chi connectivity index (χ0v) is 14.4. The molecule has 0 heterocycles. The third-order valence-electron chi connectivity index (χ3n) is 3.59. The van der Waals surface area contributed by atoms with Crippen LogP contribution in [-0.4, -0.2) is 49.2 Å². The maximum absolute atomic E-state index is 10.9. The second kappa shape index (κ2) is 8.65. The highest BCUT2D eigenvalue weighted by Crippen LogP contribution is 2.22. The largest absolute Gasteiger partial charge is 0.362 e. The fourth-order valence-electron chi connectivity index (χ4n) is 2.06.